The Morgan fingerprint density at radius 2 is 1.50 bits per heavy atom. The van der Waals surface area contributed by atoms with E-state index in [1.165, 1.54) is 48.3 Å². The number of likely N-dealkylation sites (N-methyl/N-ethyl adjacent to an activating group) is 1. The molecule has 0 fully saturated rings. The van der Waals surface area contributed by atoms with Gasteiger partial charge in [-0.1, -0.05) is 72.3 Å². The van der Waals surface area contributed by atoms with Gasteiger partial charge in [-0.15, -0.1) is 0 Å². The van der Waals surface area contributed by atoms with Crippen LogP contribution >= 0.6 is 0 Å². The van der Waals surface area contributed by atoms with E-state index in [9.17, 15) is 22.4 Å². The summed E-state index contributed by atoms with van der Waals surface area (Å²) in [5, 5.41) is 2.64. The SMILES string of the molecule is CCOc1ccccc1N(CC(=O)N(Cc1ccc(F)cc1)[C@@H](Cc1ccccc1)C(=O)NC)S(=O)(=O)c1ccc(C)cc1. The van der Waals surface area contributed by atoms with E-state index < -0.39 is 40.2 Å². The Balaban J connectivity index is 1.82. The van der Waals surface area contributed by atoms with E-state index in [2.05, 4.69) is 5.32 Å². The lowest BCUT2D eigenvalue weighted by Gasteiger charge is -2.34. The number of carbonyl (C=O) groups is 2. The molecule has 4 aromatic carbocycles. The molecule has 2 amide bonds. The van der Waals surface area contributed by atoms with Gasteiger partial charge in [0.05, 0.1) is 17.2 Å². The Morgan fingerprint density at radius 3 is 2.14 bits per heavy atom. The molecule has 1 atom stereocenters. The Bertz CT molecular complexity index is 1660. The number of anilines is 1. The molecule has 0 spiro atoms. The fourth-order valence-electron chi connectivity index (χ4n) is 4.80. The van der Waals surface area contributed by atoms with Crippen LogP contribution in [0.1, 0.15) is 23.6 Å². The fraction of sp³-hybridized carbons (Fsp3) is 0.235. The highest BCUT2D eigenvalue weighted by atomic mass is 32.2. The van der Waals surface area contributed by atoms with Crippen molar-refractivity contribution >= 4 is 27.5 Å². The van der Waals surface area contributed by atoms with Crippen molar-refractivity contribution < 1.29 is 27.1 Å². The number of ether oxygens (including phenoxy) is 1. The monoisotopic (exact) mass is 617 g/mol. The van der Waals surface area contributed by atoms with Gasteiger partial charge in [0.1, 0.15) is 24.2 Å². The van der Waals surface area contributed by atoms with E-state index >= 15 is 0 Å². The molecule has 44 heavy (non-hydrogen) atoms. The molecule has 4 rings (SSSR count). The van der Waals surface area contributed by atoms with Gasteiger partial charge in [0.25, 0.3) is 10.0 Å². The Morgan fingerprint density at radius 1 is 0.864 bits per heavy atom. The topological polar surface area (TPSA) is 96.0 Å². The Labute approximate surface area is 258 Å². The lowest BCUT2D eigenvalue weighted by atomic mass is 10.0. The van der Waals surface area contributed by atoms with E-state index in [4.69, 9.17) is 4.74 Å². The van der Waals surface area contributed by atoms with Crippen molar-refractivity contribution in [2.75, 3.05) is 24.5 Å². The first-order valence-corrected chi connectivity index (χ1v) is 15.7. The van der Waals surface area contributed by atoms with E-state index in [0.717, 1.165) is 15.4 Å². The number of para-hydroxylation sites is 2. The molecule has 4 aromatic rings. The summed E-state index contributed by atoms with van der Waals surface area (Å²) in [7, 11) is -2.79. The third-order valence-electron chi connectivity index (χ3n) is 7.11. The van der Waals surface area contributed by atoms with E-state index in [0.29, 0.717) is 5.56 Å². The molecule has 0 aromatic heterocycles. The number of rotatable bonds is 13. The van der Waals surface area contributed by atoms with Crippen LogP contribution in [-0.2, 0) is 32.6 Å². The molecule has 230 valence electrons. The minimum Gasteiger partial charge on any atom is -0.492 e. The summed E-state index contributed by atoms with van der Waals surface area (Å²) in [4.78, 5) is 29.1. The molecule has 0 saturated carbocycles. The minimum absolute atomic E-state index is 0.000534. The number of halogens is 1. The summed E-state index contributed by atoms with van der Waals surface area (Å²) in [6.45, 7) is 3.22. The van der Waals surface area contributed by atoms with E-state index in [-0.39, 0.29) is 35.9 Å². The van der Waals surface area contributed by atoms with Crippen LogP contribution < -0.4 is 14.4 Å². The second-order valence-electron chi connectivity index (χ2n) is 10.2. The largest absolute Gasteiger partial charge is 0.492 e. The van der Waals surface area contributed by atoms with Gasteiger partial charge in [0.15, 0.2) is 0 Å². The number of nitrogens with zero attached hydrogens (tertiary/aromatic N) is 2. The number of hydrogen-bond acceptors (Lipinski definition) is 5. The van der Waals surface area contributed by atoms with Gasteiger partial charge in [-0.25, -0.2) is 12.8 Å². The molecule has 0 aliphatic heterocycles. The van der Waals surface area contributed by atoms with Crippen molar-refractivity contribution in [1.82, 2.24) is 10.2 Å². The van der Waals surface area contributed by atoms with Crippen molar-refractivity contribution in [3.63, 3.8) is 0 Å². The summed E-state index contributed by atoms with van der Waals surface area (Å²) < 4.78 is 48.9. The standard InChI is InChI=1S/C34H36FN3O5S/c1-4-43-32-13-9-8-12-30(32)38(44(41,42)29-20-14-25(2)15-21-29)24-33(39)37(23-27-16-18-28(35)19-17-27)31(34(40)36-3)22-26-10-6-5-7-11-26/h5-21,31H,4,22-24H2,1-3H3,(H,36,40)/t31-/m0/s1. The molecule has 0 aliphatic carbocycles. The number of sulfonamides is 1. The van der Waals surface area contributed by atoms with E-state index in [1.807, 2.05) is 37.3 Å². The highest BCUT2D eigenvalue weighted by molar-refractivity contribution is 7.92. The number of carbonyl (C=O) groups excluding carboxylic acids is 2. The molecule has 1 N–H and O–H groups in total. The molecule has 0 saturated heterocycles. The van der Waals surface area contributed by atoms with Crippen LogP contribution in [0.3, 0.4) is 0 Å². The average Bonchev–Trinajstić information content (AvgIpc) is 3.03. The maximum absolute atomic E-state index is 14.4. The predicted octanol–water partition coefficient (Wildman–Crippen LogP) is 5.11. The van der Waals surface area contributed by atoms with Gasteiger partial charge in [-0.3, -0.25) is 13.9 Å². The minimum atomic E-state index is -4.27. The summed E-state index contributed by atoms with van der Waals surface area (Å²) in [5.74, 6) is -1.20. The van der Waals surface area contributed by atoms with Crippen molar-refractivity contribution in [3.05, 3.63) is 126 Å². The van der Waals surface area contributed by atoms with Crippen LogP contribution in [0, 0.1) is 12.7 Å². The Kier molecular flexibility index (Phi) is 10.7. The zero-order chi connectivity index (χ0) is 31.7. The van der Waals surface area contributed by atoms with Gasteiger partial charge in [-0.05, 0) is 61.4 Å². The quantitative estimate of drug-likeness (QED) is 0.225. The summed E-state index contributed by atoms with van der Waals surface area (Å²) in [6, 6.07) is 26.8. The highest BCUT2D eigenvalue weighted by Gasteiger charge is 2.35. The lowest BCUT2D eigenvalue weighted by molar-refractivity contribution is -0.139. The van der Waals surface area contributed by atoms with E-state index in [1.54, 1.807) is 43.3 Å². The molecule has 0 unspecified atom stereocenters. The number of nitrogens with one attached hydrogen (secondary N) is 1. The van der Waals surface area contributed by atoms with Crippen LogP contribution in [-0.4, -0.2) is 51.4 Å². The van der Waals surface area contributed by atoms with Gasteiger partial charge in [0.2, 0.25) is 11.8 Å². The van der Waals surface area contributed by atoms with Gasteiger partial charge in [0, 0.05) is 20.0 Å². The number of benzene rings is 4. The summed E-state index contributed by atoms with van der Waals surface area (Å²) >= 11 is 0. The van der Waals surface area contributed by atoms with Gasteiger partial charge >= 0.3 is 0 Å². The first kappa shape index (κ1) is 32.2. The highest BCUT2D eigenvalue weighted by Crippen LogP contribution is 2.33. The maximum atomic E-state index is 14.4. The van der Waals surface area contributed by atoms with Crippen LogP contribution in [0.2, 0.25) is 0 Å². The van der Waals surface area contributed by atoms with Crippen LogP contribution in [0.25, 0.3) is 0 Å². The second-order valence-corrected chi connectivity index (χ2v) is 12.1. The zero-order valence-electron chi connectivity index (χ0n) is 24.9. The van der Waals surface area contributed by atoms with Crippen molar-refractivity contribution in [3.8, 4) is 5.75 Å². The summed E-state index contributed by atoms with van der Waals surface area (Å²) in [6.07, 6.45) is 0.174. The predicted molar refractivity (Wildman–Crippen MR) is 168 cm³/mol. The summed E-state index contributed by atoms with van der Waals surface area (Å²) in [5.41, 5.74) is 2.44. The molecule has 10 heteroatoms. The average molecular weight is 618 g/mol. The van der Waals surface area contributed by atoms with Gasteiger partial charge in [-0.2, -0.15) is 0 Å². The third kappa shape index (κ3) is 7.82. The second kappa shape index (κ2) is 14.7. The molecule has 0 radical (unpaired) electrons. The number of hydrogen-bond donors (Lipinski definition) is 1. The number of amides is 2. The van der Waals surface area contributed by atoms with Crippen molar-refractivity contribution in [2.24, 2.45) is 0 Å². The van der Waals surface area contributed by atoms with Crippen molar-refractivity contribution in [1.29, 1.82) is 0 Å². The number of aryl methyl sites for hydroxylation is 1. The molecule has 0 heterocycles. The van der Waals surface area contributed by atoms with Crippen LogP contribution in [0.4, 0.5) is 10.1 Å². The fourth-order valence-corrected chi connectivity index (χ4v) is 6.22. The van der Waals surface area contributed by atoms with Crippen LogP contribution in [0.5, 0.6) is 5.75 Å². The first-order valence-electron chi connectivity index (χ1n) is 14.2. The molecule has 0 aliphatic rings. The normalized spacial score (nSPS) is 11.8. The molecular formula is C34H36FN3O5S. The molecule has 0 bridgehead atoms. The zero-order valence-corrected chi connectivity index (χ0v) is 25.8. The van der Waals surface area contributed by atoms with Crippen molar-refractivity contribution in [2.45, 2.75) is 37.8 Å². The third-order valence-corrected chi connectivity index (χ3v) is 8.88. The molecule has 8 nitrogen and oxygen atoms in total. The maximum Gasteiger partial charge on any atom is 0.264 e. The van der Waals surface area contributed by atoms with Crippen LogP contribution in [0.15, 0.2) is 108 Å². The molecular weight excluding hydrogens is 581 g/mol. The van der Waals surface area contributed by atoms with Gasteiger partial charge < -0.3 is 15.0 Å². The Hall–Kier alpha value is -4.70. The first-order chi connectivity index (χ1) is 21.1. The lowest BCUT2D eigenvalue weighted by Crippen LogP contribution is -2.53. The smallest absolute Gasteiger partial charge is 0.264 e.